The molecule has 0 atom stereocenters. The van der Waals surface area contributed by atoms with Gasteiger partial charge in [-0.05, 0) is 49.5 Å². The van der Waals surface area contributed by atoms with E-state index in [-0.39, 0.29) is 34.7 Å². The van der Waals surface area contributed by atoms with E-state index in [4.69, 9.17) is 4.74 Å². The molecule has 0 radical (unpaired) electrons. The van der Waals surface area contributed by atoms with Crippen molar-refractivity contribution in [1.82, 2.24) is 24.4 Å². The fourth-order valence-electron chi connectivity index (χ4n) is 5.15. The van der Waals surface area contributed by atoms with E-state index >= 15 is 0 Å². The highest BCUT2D eigenvalue weighted by Gasteiger charge is 2.40. The van der Waals surface area contributed by atoms with Crippen molar-refractivity contribution in [3.05, 3.63) is 33.8 Å². The molecule has 1 spiro atoms. The number of ether oxygens (including phenoxy) is 1. The number of amides is 2. The largest absolute Gasteiger partial charge is 0.494 e. The van der Waals surface area contributed by atoms with Crippen molar-refractivity contribution in [1.29, 1.82) is 0 Å². The van der Waals surface area contributed by atoms with Gasteiger partial charge in [-0.1, -0.05) is 13.8 Å². The van der Waals surface area contributed by atoms with E-state index in [1.165, 1.54) is 16.8 Å². The Hall–Kier alpha value is -3.14. The van der Waals surface area contributed by atoms with E-state index < -0.39 is 11.5 Å². The predicted molar refractivity (Wildman–Crippen MR) is 129 cm³/mol. The minimum Gasteiger partial charge on any atom is -0.494 e. The number of fused-ring (bicyclic) bond motifs is 1. The summed E-state index contributed by atoms with van der Waals surface area (Å²) in [6.45, 7) is 7.27. The molecule has 3 fully saturated rings. The molecule has 2 saturated heterocycles. The molecule has 2 aliphatic heterocycles. The summed E-state index contributed by atoms with van der Waals surface area (Å²) in [5, 5.41) is 18.0. The number of carbonyl (C=O) groups excluding carboxylic acids is 2. The molecule has 2 aromatic rings. The van der Waals surface area contributed by atoms with Gasteiger partial charge in [-0.25, -0.2) is 0 Å². The number of aromatic hydroxyl groups is 1. The zero-order chi connectivity index (χ0) is 24.7. The van der Waals surface area contributed by atoms with Crippen LogP contribution in [0.5, 0.6) is 5.88 Å². The predicted octanol–water partition coefficient (Wildman–Crippen LogP) is 1.79. The maximum absolute atomic E-state index is 13.1. The normalized spacial score (nSPS) is 19.9. The van der Waals surface area contributed by atoms with Crippen LogP contribution in [0.4, 0.5) is 0 Å². The first kappa shape index (κ1) is 23.6. The lowest BCUT2D eigenvalue weighted by Crippen LogP contribution is -2.35. The van der Waals surface area contributed by atoms with Crippen LogP contribution in [-0.2, 0) is 16.1 Å². The van der Waals surface area contributed by atoms with Gasteiger partial charge in [0.25, 0.3) is 11.5 Å². The van der Waals surface area contributed by atoms with Crippen molar-refractivity contribution in [2.24, 2.45) is 11.3 Å². The van der Waals surface area contributed by atoms with E-state index in [9.17, 15) is 19.5 Å². The molecule has 3 aliphatic rings. The van der Waals surface area contributed by atoms with Gasteiger partial charge in [-0.2, -0.15) is 9.61 Å². The van der Waals surface area contributed by atoms with Crippen LogP contribution in [0.3, 0.4) is 0 Å². The average molecular weight is 484 g/mol. The fraction of sp³-hybridized carbons (Fsp3) is 0.600. The lowest BCUT2D eigenvalue weighted by Gasteiger charge is -2.32. The molecular weight excluding hydrogens is 450 g/mol. The molecule has 4 heterocycles. The first-order valence-corrected chi connectivity index (χ1v) is 12.5. The summed E-state index contributed by atoms with van der Waals surface area (Å²) in [5.74, 6) is -0.930. The number of rotatable bonds is 6. The van der Waals surface area contributed by atoms with Crippen molar-refractivity contribution >= 4 is 23.5 Å². The summed E-state index contributed by atoms with van der Waals surface area (Å²) in [7, 11) is 0. The van der Waals surface area contributed by atoms with Crippen molar-refractivity contribution in [2.45, 2.75) is 58.5 Å². The number of likely N-dealkylation sites (tertiary alicyclic amines) is 1. The Kier molecular flexibility index (Phi) is 6.16. The third-order valence-corrected chi connectivity index (χ3v) is 7.31. The lowest BCUT2D eigenvalue weighted by atomic mass is 9.80. The van der Waals surface area contributed by atoms with Crippen LogP contribution in [-0.4, -0.2) is 68.3 Å². The smallest absolute Gasteiger partial charge is 0.291 e. The summed E-state index contributed by atoms with van der Waals surface area (Å²) in [5.41, 5.74) is 0.0601. The van der Waals surface area contributed by atoms with E-state index in [0.29, 0.717) is 17.8 Å². The lowest BCUT2D eigenvalue weighted by molar-refractivity contribution is -0.125. The zero-order valence-corrected chi connectivity index (χ0v) is 20.3. The molecule has 2 aromatic heterocycles. The molecule has 1 aliphatic carbocycles. The Morgan fingerprint density at radius 2 is 2.03 bits per heavy atom. The van der Waals surface area contributed by atoms with Crippen molar-refractivity contribution in [3.8, 4) is 5.88 Å². The summed E-state index contributed by atoms with van der Waals surface area (Å²) >= 11 is 0. The molecule has 2 amide bonds. The van der Waals surface area contributed by atoms with Gasteiger partial charge in [-0.15, -0.1) is 0 Å². The van der Waals surface area contributed by atoms with E-state index in [2.05, 4.69) is 10.4 Å². The molecule has 10 nitrogen and oxygen atoms in total. The minimum atomic E-state index is -0.678. The summed E-state index contributed by atoms with van der Waals surface area (Å²) in [6, 6.07) is 0.0449. The molecule has 0 aromatic carbocycles. The molecule has 188 valence electrons. The Bertz CT molecular complexity index is 1230. The van der Waals surface area contributed by atoms with Crippen LogP contribution in [0.1, 0.15) is 61.9 Å². The highest BCUT2D eigenvalue weighted by molar-refractivity contribution is 5.97. The maximum atomic E-state index is 13.1. The maximum Gasteiger partial charge on any atom is 0.291 e. The first-order valence-electron chi connectivity index (χ1n) is 12.5. The van der Waals surface area contributed by atoms with E-state index in [0.717, 1.165) is 62.9 Å². The number of hydrogen-bond acceptors (Lipinski definition) is 6. The first-order chi connectivity index (χ1) is 16.8. The van der Waals surface area contributed by atoms with Gasteiger partial charge in [-0.3, -0.25) is 19.0 Å². The van der Waals surface area contributed by atoms with Crippen molar-refractivity contribution < 1.29 is 19.4 Å². The van der Waals surface area contributed by atoms with Crippen LogP contribution in [0.25, 0.3) is 11.7 Å². The molecule has 0 bridgehead atoms. The fourth-order valence-corrected chi connectivity index (χ4v) is 5.15. The molecule has 2 N–H and O–H groups in total. The second-order valence-corrected chi connectivity index (χ2v) is 10.5. The Labute approximate surface area is 203 Å². The number of carbonyl (C=O) groups is 2. The van der Waals surface area contributed by atoms with Crippen LogP contribution in [0.2, 0.25) is 0 Å². The summed E-state index contributed by atoms with van der Waals surface area (Å²) in [4.78, 5) is 40.7. The third kappa shape index (κ3) is 4.59. The summed E-state index contributed by atoms with van der Waals surface area (Å²) < 4.78 is 8.17. The number of aromatic nitrogens is 3. The third-order valence-electron chi connectivity index (χ3n) is 7.31. The molecule has 10 heteroatoms. The second kappa shape index (κ2) is 9.14. The molecule has 0 unspecified atom stereocenters. The van der Waals surface area contributed by atoms with Crippen molar-refractivity contribution in [2.75, 3.05) is 26.3 Å². The number of hydrogen-bond donors (Lipinski definition) is 2. The molecule has 35 heavy (non-hydrogen) atoms. The van der Waals surface area contributed by atoms with Crippen LogP contribution in [0.15, 0.2) is 17.1 Å². The SMILES string of the molecule is CC(C)Cn1c(O)c(C(=O)NC2CC2)c(=O)n2ncc(/C=C/C(=O)N3CCC4(CCOCC4)C3)c12. The summed E-state index contributed by atoms with van der Waals surface area (Å²) in [6.07, 6.45) is 9.31. The van der Waals surface area contributed by atoms with Gasteiger partial charge in [0, 0.05) is 50.5 Å². The zero-order valence-electron chi connectivity index (χ0n) is 20.3. The van der Waals surface area contributed by atoms with Crippen LogP contribution in [0, 0.1) is 11.3 Å². The standard InChI is InChI=1S/C25H33N5O5/c1-16(2)14-29-22-17(3-6-19(31)28-10-7-25(15-28)8-11-35-12-9-25)13-26-30(22)24(34)20(23(29)33)21(32)27-18-4-5-18/h3,6,13,16,18,33H,4-5,7-12,14-15H2,1-2H3,(H,27,32)/b6-3+. The number of nitrogens with zero attached hydrogens (tertiary/aromatic N) is 4. The van der Waals surface area contributed by atoms with E-state index in [1.807, 2.05) is 18.7 Å². The van der Waals surface area contributed by atoms with Gasteiger partial charge in [0.15, 0.2) is 5.56 Å². The Morgan fingerprint density at radius 1 is 1.29 bits per heavy atom. The monoisotopic (exact) mass is 483 g/mol. The highest BCUT2D eigenvalue weighted by atomic mass is 16.5. The average Bonchev–Trinajstić information content (AvgIpc) is 3.38. The van der Waals surface area contributed by atoms with Gasteiger partial charge >= 0.3 is 0 Å². The molecule has 5 rings (SSSR count). The van der Waals surface area contributed by atoms with Crippen LogP contribution < -0.4 is 10.9 Å². The Balaban J connectivity index is 1.45. The van der Waals surface area contributed by atoms with E-state index in [1.54, 1.807) is 6.08 Å². The molecular formula is C25H33N5O5. The highest BCUT2D eigenvalue weighted by Crippen LogP contribution is 2.39. The van der Waals surface area contributed by atoms with Gasteiger partial charge in [0.05, 0.1) is 6.20 Å². The second-order valence-electron chi connectivity index (χ2n) is 10.5. The Morgan fingerprint density at radius 3 is 2.71 bits per heavy atom. The molecule has 1 saturated carbocycles. The van der Waals surface area contributed by atoms with Gasteiger partial charge in [0.2, 0.25) is 11.8 Å². The van der Waals surface area contributed by atoms with Gasteiger partial charge in [0.1, 0.15) is 5.65 Å². The number of nitrogens with one attached hydrogen (secondary N) is 1. The minimum absolute atomic E-state index is 0.0449. The van der Waals surface area contributed by atoms with Gasteiger partial charge < -0.3 is 20.1 Å². The van der Waals surface area contributed by atoms with Crippen molar-refractivity contribution in [3.63, 3.8) is 0 Å². The quantitative estimate of drug-likeness (QED) is 0.605. The topological polar surface area (TPSA) is 118 Å². The van der Waals surface area contributed by atoms with Crippen LogP contribution >= 0.6 is 0 Å².